The van der Waals surface area contributed by atoms with Crippen LogP contribution in [0.15, 0.2) is 30.5 Å². The fourth-order valence-corrected chi connectivity index (χ4v) is 7.93. The normalized spacial score (nSPS) is 21.3. The van der Waals surface area contributed by atoms with Crippen LogP contribution in [-0.2, 0) is 28.7 Å². The molecule has 19 heteroatoms. The van der Waals surface area contributed by atoms with Crippen LogP contribution in [0.1, 0.15) is 94.4 Å². The van der Waals surface area contributed by atoms with Crippen molar-refractivity contribution >= 4 is 46.5 Å². The minimum Gasteiger partial charge on any atom is -0.458 e. The third kappa shape index (κ3) is 14.3. The highest BCUT2D eigenvalue weighted by atomic mass is 19.3. The molecule has 0 bridgehead atoms. The highest BCUT2D eigenvalue weighted by Crippen LogP contribution is 2.32. The maximum atomic E-state index is 13.9. The molecule has 2 aliphatic heterocycles. The van der Waals surface area contributed by atoms with Crippen molar-refractivity contribution < 1.29 is 47.0 Å². The molecular weight excluding hydrogens is 821 g/mol. The molecule has 344 valence electrons. The average Bonchev–Trinajstić information content (AvgIpc) is 3.58. The maximum absolute atomic E-state index is 13.9. The Balaban J connectivity index is 1.09. The van der Waals surface area contributed by atoms with Crippen LogP contribution in [0.2, 0.25) is 0 Å². The Morgan fingerprint density at radius 3 is 2.22 bits per heavy atom. The van der Waals surface area contributed by atoms with E-state index in [0.717, 1.165) is 17.7 Å². The molecule has 1 aliphatic carbocycles. The lowest BCUT2D eigenvalue weighted by Crippen LogP contribution is -2.54. The molecule has 1 aromatic heterocycles. The molecule has 4 N–H and O–H groups in total. The number of carbonyl (C=O) groups is 6. The SMILES string of the molecule is CC(C)(C)OC(=O)C(C(=O)OC(C)(C)C)N1CCNCCN(CC(=O)NCC2CCC(NC(=O)c3ccc4nccc(C(=O)NCC(=O)N5CC(F)(F)C[C@H]5C#N)c4c3)CC2)CC1. The highest BCUT2D eigenvalue weighted by molar-refractivity contribution is 6.09. The zero-order valence-electron chi connectivity index (χ0n) is 37.1. The van der Waals surface area contributed by atoms with Crippen molar-refractivity contribution in [2.24, 2.45) is 5.92 Å². The number of halogens is 2. The van der Waals surface area contributed by atoms with Crippen molar-refractivity contribution in [3.05, 3.63) is 41.6 Å². The number of amides is 4. The smallest absolute Gasteiger partial charge is 0.335 e. The number of pyridine rings is 1. The second-order valence-electron chi connectivity index (χ2n) is 18.5. The number of hydrogen-bond acceptors (Lipinski definition) is 13. The fraction of sp³-hybridized carbons (Fsp3) is 0.636. The van der Waals surface area contributed by atoms with Gasteiger partial charge < -0.3 is 35.6 Å². The summed E-state index contributed by atoms with van der Waals surface area (Å²) in [7, 11) is 0. The molecular formula is C44H61F2N9O8. The second kappa shape index (κ2) is 20.9. The molecule has 0 unspecified atom stereocenters. The number of esters is 2. The van der Waals surface area contributed by atoms with Crippen LogP contribution in [0.5, 0.6) is 0 Å². The molecule has 5 rings (SSSR count). The number of alkyl halides is 2. The zero-order chi connectivity index (χ0) is 46.1. The van der Waals surface area contributed by atoms with Gasteiger partial charge in [0.15, 0.2) is 0 Å². The molecule has 4 amide bonds. The minimum atomic E-state index is -3.18. The van der Waals surface area contributed by atoms with E-state index in [1.54, 1.807) is 70.7 Å². The predicted molar refractivity (Wildman–Crippen MR) is 227 cm³/mol. The second-order valence-corrected chi connectivity index (χ2v) is 18.5. The number of ether oxygens (including phenoxy) is 2. The van der Waals surface area contributed by atoms with Crippen molar-refractivity contribution in [1.82, 2.24) is 41.0 Å². The summed E-state index contributed by atoms with van der Waals surface area (Å²) in [5.74, 6) is -6.27. The van der Waals surface area contributed by atoms with E-state index in [4.69, 9.17) is 9.47 Å². The predicted octanol–water partition coefficient (Wildman–Crippen LogP) is 2.39. The molecule has 0 spiro atoms. The number of hydrogen-bond donors (Lipinski definition) is 4. The first kappa shape index (κ1) is 48.7. The van der Waals surface area contributed by atoms with Gasteiger partial charge in [-0.15, -0.1) is 0 Å². The summed E-state index contributed by atoms with van der Waals surface area (Å²) in [4.78, 5) is 87.9. The Morgan fingerprint density at radius 2 is 1.57 bits per heavy atom. The summed E-state index contributed by atoms with van der Waals surface area (Å²) in [5.41, 5.74) is -0.741. The first-order chi connectivity index (χ1) is 29.6. The number of benzene rings is 1. The fourth-order valence-electron chi connectivity index (χ4n) is 7.93. The van der Waals surface area contributed by atoms with E-state index in [-0.39, 0.29) is 35.9 Å². The molecule has 1 atom stereocenters. The van der Waals surface area contributed by atoms with Crippen molar-refractivity contribution in [3.63, 3.8) is 0 Å². The number of nitrogens with one attached hydrogen (secondary N) is 4. The Bertz CT molecular complexity index is 2010. The van der Waals surface area contributed by atoms with Gasteiger partial charge in [-0.05, 0) is 97.4 Å². The van der Waals surface area contributed by atoms with Crippen LogP contribution in [0.25, 0.3) is 10.9 Å². The standard InChI is InChI=1S/C44H61F2N9O8/c1-42(2,3)62-40(60)37(41(61)63-43(4,5)6)54-18-16-48-15-17-53(19-20-54)26-35(56)50-24-28-7-10-30(11-8-28)52-38(58)29-9-12-34-33(21-29)32(13-14-49-34)39(59)51-25-36(57)55-27-44(45,46)22-31(55)23-47/h9,12-14,21,28,30-31,37,48H,7-8,10-11,15-20,22,24-27H2,1-6H3,(H,50,56)(H,51,59)(H,52,58)/t28?,30?,31-/m0/s1. The first-order valence-corrected chi connectivity index (χ1v) is 21.6. The topological polar surface area (TPSA) is 215 Å². The van der Waals surface area contributed by atoms with Gasteiger partial charge in [0.05, 0.1) is 36.8 Å². The Kier molecular flexibility index (Phi) is 16.2. The molecule has 63 heavy (non-hydrogen) atoms. The van der Waals surface area contributed by atoms with Crippen LogP contribution in [0.3, 0.4) is 0 Å². The van der Waals surface area contributed by atoms with Gasteiger partial charge in [0.2, 0.25) is 17.9 Å². The number of rotatable bonds is 12. The third-order valence-electron chi connectivity index (χ3n) is 11.0. The molecule has 2 aromatic rings. The number of nitrogens with zero attached hydrogens (tertiary/aromatic N) is 5. The van der Waals surface area contributed by atoms with E-state index in [1.807, 2.05) is 4.90 Å². The summed E-state index contributed by atoms with van der Waals surface area (Å²) in [5, 5.41) is 21.5. The number of likely N-dealkylation sites (tertiary alicyclic amines) is 1. The van der Waals surface area contributed by atoms with E-state index in [9.17, 15) is 42.8 Å². The average molecular weight is 882 g/mol. The van der Waals surface area contributed by atoms with Crippen molar-refractivity contribution in [2.75, 3.05) is 65.4 Å². The summed E-state index contributed by atoms with van der Waals surface area (Å²) in [6.07, 6.45) is 3.60. The maximum Gasteiger partial charge on any atom is 0.335 e. The zero-order valence-corrected chi connectivity index (χ0v) is 37.1. The summed E-state index contributed by atoms with van der Waals surface area (Å²) < 4.78 is 39.0. The van der Waals surface area contributed by atoms with E-state index in [0.29, 0.717) is 75.1 Å². The van der Waals surface area contributed by atoms with Gasteiger partial charge in [-0.3, -0.25) is 34.0 Å². The molecule has 2 saturated heterocycles. The Morgan fingerprint density at radius 1 is 0.905 bits per heavy atom. The van der Waals surface area contributed by atoms with Gasteiger partial charge in [-0.1, -0.05) is 0 Å². The van der Waals surface area contributed by atoms with E-state index in [1.165, 1.54) is 12.3 Å². The molecule has 17 nitrogen and oxygen atoms in total. The van der Waals surface area contributed by atoms with Crippen LogP contribution in [0.4, 0.5) is 8.78 Å². The summed E-state index contributed by atoms with van der Waals surface area (Å²) >= 11 is 0. The molecule has 1 saturated carbocycles. The van der Waals surface area contributed by atoms with Crippen LogP contribution in [-0.4, -0.2) is 156 Å². The lowest BCUT2D eigenvalue weighted by atomic mass is 9.86. The van der Waals surface area contributed by atoms with Crippen LogP contribution < -0.4 is 21.3 Å². The lowest BCUT2D eigenvalue weighted by Gasteiger charge is -2.33. The quantitative estimate of drug-likeness (QED) is 0.178. The molecule has 3 aliphatic rings. The summed E-state index contributed by atoms with van der Waals surface area (Å²) in [6.45, 7) is 12.5. The van der Waals surface area contributed by atoms with Crippen molar-refractivity contribution in [1.29, 1.82) is 5.26 Å². The van der Waals surface area contributed by atoms with Gasteiger partial charge >= 0.3 is 11.9 Å². The van der Waals surface area contributed by atoms with Crippen LogP contribution in [0, 0.1) is 17.2 Å². The van der Waals surface area contributed by atoms with Crippen molar-refractivity contribution in [3.8, 4) is 6.07 Å². The largest absolute Gasteiger partial charge is 0.458 e. The molecule has 3 heterocycles. The number of carbonyl (C=O) groups excluding carboxylic acids is 6. The highest BCUT2D eigenvalue weighted by Gasteiger charge is 2.47. The van der Waals surface area contributed by atoms with Crippen molar-refractivity contribution in [2.45, 2.75) is 109 Å². The minimum absolute atomic E-state index is 0.108. The van der Waals surface area contributed by atoms with E-state index >= 15 is 0 Å². The lowest BCUT2D eigenvalue weighted by molar-refractivity contribution is -0.176. The monoisotopic (exact) mass is 881 g/mol. The van der Waals surface area contributed by atoms with E-state index in [2.05, 4.69) is 26.3 Å². The van der Waals surface area contributed by atoms with Gasteiger partial charge in [-0.2, -0.15) is 5.26 Å². The summed E-state index contributed by atoms with van der Waals surface area (Å²) in [6, 6.07) is 5.26. The van der Waals surface area contributed by atoms with Gasteiger partial charge in [0.1, 0.15) is 17.2 Å². The van der Waals surface area contributed by atoms with Gasteiger partial charge in [0, 0.05) is 75.4 Å². The number of fused-ring (bicyclic) bond motifs is 1. The molecule has 0 radical (unpaired) electrons. The number of nitriles is 1. The van der Waals surface area contributed by atoms with Crippen LogP contribution >= 0.6 is 0 Å². The number of aromatic nitrogens is 1. The molecule has 3 fully saturated rings. The van der Waals surface area contributed by atoms with Gasteiger partial charge in [-0.25, -0.2) is 18.4 Å². The Labute approximate surface area is 366 Å². The van der Waals surface area contributed by atoms with Gasteiger partial charge in [0.25, 0.3) is 17.7 Å². The molecule has 1 aromatic carbocycles. The first-order valence-electron chi connectivity index (χ1n) is 21.6. The Hall–Kier alpha value is -5.32. The third-order valence-corrected chi connectivity index (χ3v) is 11.0. The van der Waals surface area contributed by atoms with E-state index < -0.39 is 72.5 Å².